The third-order valence-electron chi connectivity index (χ3n) is 3.66. The average Bonchev–Trinajstić information content (AvgIpc) is 3.09. The van der Waals surface area contributed by atoms with Crippen LogP contribution in [0.25, 0.3) is 0 Å². The number of aromatic nitrogens is 1. The van der Waals surface area contributed by atoms with Crippen molar-refractivity contribution in [3.05, 3.63) is 24.0 Å². The summed E-state index contributed by atoms with van der Waals surface area (Å²) in [6.45, 7) is 3.22. The molecule has 4 nitrogen and oxygen atoms in total. The third kappa shape index (κ3) is 2.76. The van der Waals surface area contributed by atoms with Crippen LogP contribution in [-0.4, -0.2) is 40.2 Å². The molecule has 1 aliphatic heterocycles. The molecule has 1 aliphatic carbocycles. The van der Waals surface area contributed by atoms with E-state index in [-0.39, 0.29) is 5.75 Å². The normalized spacial score (nSPS) is 25.3. The van der Waals surface area contributed by atoms with Gasteiger partial charge in [0.1, 0.15) is 5.75 Å². The zero-order chi connectivity index (χ0) is 11.7. The highest BCUT2D eigenvalue weighted by molar-refractivity contribution is 5.17. The Hall–Kier alpha value is -1.13. The molecule has 17 heavy (non-hydrogen) atoms. The van der Waals surface area contributed by atoms with Crippen LogP contribution in [0.1, 0.15) is 25.0 Å². The van der Waals surface area contributed by atoms with Gasteiger partial charge in [-0.2, -0.15) is 0 Å². The molecule has 1 atom stereocenters. The van der Waals surface area contributed by atoms with Crippen molar-refractivity contribution in [2.45, 2.75) is 37.9 Å². The topological polar surface area (TPSA) is 48.4 Å². The summed E-state index contributed by atoms with van der Waals surface area (Å²) in [5.41, 5.74) is 0.993. The number of rotatable bonds is 4. The number of nitrogens with zero attached hydrogens (tertiary/aromatic N) is 2. The van der Waals surface area contributed by atoms with Crippen LogP contribution in [0.3, 0.4) is 0 Å². The van der Waals surface area contributed by atoms with Gasteiger partial charge in [-0.1, -0.05) is 0 Å². The van der Waals surface area contributed by atoms with Gasteiger partial charge in [0.15, 0.2) is 0 Å². The first-order valence-corrected chi connectivity index (χ1v) is 6.42. The Balaban J connectivity index is 1.46. The van der Waals surface area contributed by atoms with E-state index < -0.39 is 0 Å². The Morgan fingerprint density at radius 1 is 1.35 bits per heavy atom. The van der Waals surface area contributed by atoms with Crippen LogP contribution >= 0.6 is 0 Å². The maximum Gasteiger partial charge on any atom is 0.133 e. The summed E-state index contributed by atoms with van der Waals surface area (Å²) in [4.78, 5) is 6.78. The second-order valence-electron chi connectivity index (χ2n) is 5.10. The highest BCUT2D eigenvalue weighted by atomic mass is 16.3. The monoisotopic (exact) mass is 233 g/mol. The molecule has 92 valence electrons. The molecule has 2 fully saturated rings. The summed E-state index contributed by atoms with van der Waals surface area (Å²) in [6.07, 6.45) is 5.54. The van der Waals surface area contributed by atoms with E-state index in [1.54, 1.807) is 6.07 Å². The largest absolute Gasteiger partial charge is 0.506 e. The van der Waals surface area contributed by atoms with Crippen LogP contribution in [0.2, 0.25) is 0 Å². The molecule has 0 bridgehead atoms. The molecule has 0 radical (unpaired) electrons. The van der Waals surface area contributed by atoms with Crippen molar-refractivity contribution in [3.8, 4) is 5.75 Å². The van der Waals surface area contributed by atoms with Crippen LogP contribution < -0.4 is 5.32 Å². The number of aromatic hydroxyl groups is 1. The van der Waals surface area contributed by atoms with Gasteiger partial charge in [-0.15, -0.1) is 0 Å². The predicted molar refractivity (Wildman–Crippen MR) is 65.7 cm³/mol. The minimum atomic E-state index is 0.231. The van der Waals surface area contributed by atoms with Crippen molar-refractivity contribution in [1.82, 2.24) is 15.2 Å². The molecule has 1 saturated heterocycles. The van der Waals surface area contributed by atoms with Crippen molar-refractivity contribution in [2.75, 3.05) is 13.1 Å². The van der Waals surface area contributed by atoms with Crippen LogP contribution in [-0.2, 0) is 6.54 Å². The van der Waals surface area contributed by atoms with E-state index in [0.717, 1.165) is 18.3 Å². The summed E-state index contributed by atoms with van der Waals surface area (Å²) in [5, 5.41) is 12.7. The van der Waals surface area contributed by atoms with Crippen LogP contribution in [0.5, 0.6) is 5.75 Å². The Bertz CT molecular complexity index is 375. The third-order valence-corrected chi connectivity index (χ3v) is 3.66. The zero-order valence-electron chi connectivity index (χ0n) is 9.97. The summed E-state index contributed by atoms with van der Waals surface area (Å²) in [5.74, 6) is 0.231. The quantitative estimate of drug-likeness (QED) is 0.818. The number of likely N-dealkylation sites (tertiary alicyclic amines) is 1. The van der Waals surface area contributed by atoms with Crippen molar-refractivity contribution < 1.29 is 5.11 Å². The molecule has 0 amide bonds. The Morgan fingerprint density at radius 2 is 2.24 bits per heavy atom. The fourth-order valence-corrected chi connectivity index (χ4v) is 2.50. The van der Waals surface area contributed by atoms with E-state index in [0.29, 0.717) is 6.04 Å². The first-order chi connectivity index (χ1) is 8.31. The minimum absolute atomic E-state index is 0.231. The average molecular weight is 233 g/mol. The molecule has 2 aliphatic rings. The molecule has 0 spiro atoms. The molecular formula is C13H19N3O. The van der Waals surface area contributed by atoms with E-state index in [4.69, 9.17) is 5.11 Å². The van der Waals surface area contributed by atoms with Crippen molar-refractivity contribution in [3.63, 3.8) is 0 Å². The smallest absolute Gasteiger partial charge is 0.133 e. The maximum atomic E-state index is 9.15. The van der Waals surface area contributed by atoms with E-state index in [9.17, 15) is 0 Å². The molecule has 0 aromatic carbocycles. The number of hydrogen-bond donors (Lipinski definition) is 2. The lowest BCUT2D eigenvalue weighted by Crippen LogP contribution is -2.33. The van der Waals surface area contributed by atoms with Gasteiger partial charge in [-0.25, -0.2) is 0 Å². The second-order valence-corrected chi connectivity index (χ2v) is 5.10. The molecule has 3 rings (SSSR count). The summed E-state index contributed by atoms with van der Waals surface area (Å²) < 4.78 is 0. The molecular weight excluding hydrogens is 214 g/mol. The van der Waals surface area contributed by atoms with Crippen molar-refractivity contribution >= 4 is 0 Å². The van der Waals surface area contributed by atoms with Gasteiger partial charge >= 0.3 is 0 Å². The lowest BCUT2D eigenvalue weighted by molar-refractivity contribution is 0.317. The van der Waals surface area contributed by atoms with E-state index in [2.05, 4.69) is 15.2 Å². The van der Waals surface area contributed by atoms with Crippen LogP contribution in [0, 0.1) is 0 Å². The minimum Gasteiger partial charge on any atom is -0.506 e. The molecule has 2 heterocycles. The highest BCUT2D eigenvalue weighted by Gasteiger charge is 2.33. The van der Waals surface area contributed by atoms with Gasteiger partial charge in [0, 0.05) is 31.7 Å². The zero-order valence-corrected chi connectivity index (χ0v) is 9.97. The van der Waals surface area contributed by atoms with Gasteiger partial charge in [0.25, 0.3) is 0 Å². The molecule has 2 N–H and O–H groups in total. The van der Waals surface area contributed by atoms with Gasteiger partial charge in [0.2, 0.25) is 0 Å². The maximum absolute atomic E-state index is 9.15. The Labute approximate surface area is 102 Å². The molecule has 1 unspecified atom stereocenters. The standard InChI is InChI=1S/C13H19N3O/c17-13-4-1-10(15-8-13)7-14-11-5-6-16(9-11)12-2-3-12/h1,4,8,11-12,14,17H,2-3,5-7,9H2. The number of nitrogens with one attached hydrogen (secondary N) is 1. The van der Waals surface area contributed by atoms with E-state index in [1.807, 2.05) is 6.07 Å². The summed E-state index contributed by atoms with van der Waals surface area (Å²) in [7, 11) is 0. The van der Waals surface area contributed by atoms with Crippen molar-refractivity contribution in [1.29, 1.82) is 0 Å². The highest BCUT2D eigenvalue weighted by Crippen LogP contribution is 2.29. The molecule has 1 saturated carbocycles. The van der Waals surface area contributed by atoms with E-state index in [1.165, 1.54) is 38.5 Å². The van der Waals surface area contributed by atoms with Gasteiger partial charge in [-0.3, -0.25) is 9.88 Å². The molecule has 1 aromatic heterocycles. The van der Waals surface area contributed by atoms with Crippen molar-refractivity contribution in [2.24, 2.45) is 0 Å². The van der Waals surface area contributed by atoms with Crippen LogP contribution in [0.4, 0.5) is 0 Å². The second kappa shape index (κ2) is 4.63. The Morgan fingerprint density at radius 3 is 2.94 bits per heavy atom. The lowest BCUT2D eigenvalue weighted by atomic mass is 10.2. The number of pyridine rings is 1. The Kier molecular flexibility index (Phi) is 2.99. The fourth-order valence-electron chi connectivity index (χ4n) is 2.50. The lowest BCUT2D eigenvalue weighted by Gasteiger charge is -2.15. The predicted octanol–water partition coefficient (Wildman–Crippen LogP) is 1.11. The first kappa shape index (κ1) is 11.0. The van der Waals surface area contributed by atoms with Gasteiger partial charge < -0.3 is 10.4 Å². The SMILES string of the molecule is Oc1ccc(CNC2CCN(C3CC3)C2)nc1. The number of hydrogen-bond acceptors (Lipinski definition) is 4. The first-order valence-electron chi connectivity index (χ1n) is 6.42. The van der Waals surface area contributed by atoms with E-state index >= 15 is 0 Å². The summed E-state index contributed by atoms with van der Waals surface area (Å²) in [6, 6.07) is 5.05. The van der Waals surface area contributed by atoms with Gasteiger partial charge in [-0.05, 0) is 31.4 Å². The molecule has 1 aromatic rings. The fraction of sp³-hybridized carbons (Fsp3) is 0.615. The van der Waals surface area contributed by atoms with Crippen LogP contribution in [0.15, 0.2) is 18.3 Å². The summed E-state index contributed by atoms with van der Waals surface area (Å²) >= 11 is 0. The molecule has 4 heteroatoms. The van der Waals surface area contributed by atoms with Gasteiger partial charge in [0.05, 0.1) is 11.9 Å².